The van der Waals surface area contributed by atoms with Crippen molar-refractivity contribution in [3.05, 3.63) is 53.6 Å². The Kier molecular flexibility index (Phi) is 3.86. The van der Waals surface area contributed by atoms with Crippen LogP contribution in [0.1, 0.15) is 0 Å². The Bertz CT molecular complexity index is 816. The Morgan fingerprint density at radius 3 is 2.81 bits per heavy atom. The maximum atomic E-state index is 10.8. The van der Waals surface area contributed by atoms with E-state index in [1.165, 1.54) is 11.8 Å². The predicted molar refractivity (Wildman–Crippen MR) is 84.4 cm³/mol. The fourth-order valence-corrected chi connectivity index (χ4v) is 3.02. The molecule has 0 aliphatic rings. The summed E-state index contributed by atoms with van der Waals surface area (Å²) in [7, 11) is 0. The van der Waals surface area contributed by atoms with Gasteiger partial charge in [0.25, 0.3) is 0 Å². The molecule has 21 heavy (non-hydrogen) atoms. The van der Waals surface area contributed by atoms with E-state index in [2.05, 4.69) is 4.98 Å². The van der Waals surface area contributed by atoms with E-state index in [9.17, 15) is 4.79 Å². The summed E-state index contributed by atoms with van der Waals surface area (Å²) in [6.45, 7) is 0. The number of hydrogen-bond donors (Lipinski definition) is 1. The van der Waals surface area contributed by atoms with Crippen molar-refractivity contribution >= 4 is 40.4 Å². The lowest BCUT2D eigenvalue weighted by Gasteiger charge is -2.08. The van der Waals surface area contributed by atoms with Crippen molar-refractivity contribution in [1.29, 1.82) is 0 Å². The second-order valence-corrected chi connectivity index (χ2v) is 5.76. The van der Waals surface area contributed by atoms with E-state index in [-0.39, 0.29) is 5.75 Å². The first kappa shape index (κ1) is 14.0. The van der Waals surface area contributed by atoms with Crippen LogP contribution in [0, 0.1) is 0 Å². The molecule has 3 rings (SSSR count). The van der Waals surface area contributed by atoms with Crippen LogP contribution in [0.2, 0.25) is 5.02 Å². The molecule has 0 bridgehead atoms. The number of carboxylic acids is 1. The maximum Gasteiger partial charge on any atom is 0.313 e. The highest BCUT2D eigenvalue weighted by Gasteiger charge is 2.14. The number of imidazole rings is 1. The first-order chi connectivity index (χ1) is 10.1. The molecule has 0 aliphatic heterocycles. The van der Waals surface area contributed by atoms with Crippen LogP contribution in [0.3, 0.4) is 0 Å². The van der Waals surface area contributed by atoms with Crippen LogP contribution in [0.15, 0.2) is 53.7 Å². The molecule has 2 aromatic carbocycles. The van der Waals surface area contributed by atoms with E-state index in [0.29, 0.717) is 10.2 Å². The van der Waals surface area contributed by atoms with E-state index in [1.807, 2.05) is 47.0 Å². The summed E-state index contributed by atoms with van der Waals surface area (Å²) < 4.78 is 1.93. The van der Waals surface area contributed by atoms with Crippen molar-refractivity contribution in [2.75, 3.05) is 5.75 Å². The van der Waals surface area contributed by atoms with Gasteiger partial charge in [0, 0.05) is 10.7 Å². The van der Waals surface area contributed by atoms with Gasteiger partial charge in [-0.05, 0) is 30.3 Å². The van der Waals surface area contributed by atoms with Gasteiger partial charge in [-0.25, -0.2) is 4.98 Å². The van der Waals surface area contributed by atoms with E-state index in [4.69, 9.17) is 16.7 Å². The Hall–Kier alpha value is -1.98. The number of halogens is 1. The number of carbonyl (C=O) groups is 1. The molecule has 0 spiro atoms. The molecule has 0 fully saturated rings. The van der Waals surface area contributed by atoms with Crippen LogP contribution < -0.4 is 0 Å². The van der Waals surface area contributed by atoms with Gasteiger partial charge in [-0.1, -0.05) is 41.6 Å². The standard InChI is InChI=1S/C15H11ClN2O2S/c16-10-4-3-5-11(8-10)18-13-7-2-1-6-12(13)17-15(18)21-9-14(19)20/h1-8H,9H2,(H,19,20). The third kappa shape index (κ3) is 2.89. The summed E-state index contributed by atoms with van der Waals surface area (Å²) in [5, 5.41) is 10.1. The van der Waals surface area contributed by atoms with Gasteiger partial charge in [0.05, 0.1) is 16.8 Å². The van der Waals surface area contributed by atoms with Gasteiger partial charge in [-0.15, -0.1) is 0 Å². The minimum absolute atomic E-state index is 0.0378. The predicted octanol–water partition coefficient (Wildman–Crippen LogP) is 3.86. The fourth-order valence-electron chi connectivity index (χ4n) is 2.09. The minimum atomic E-state index is -0.871. The summed E-state index contributed by atoms with van der Waals surface area (Å²) in [4.78, 5) is 15.3. The molecular weight excluding hydrogens is 308 g/mol. The van der Waals surface area contributed by atoms with Gasteiger partial charge < -0.3 is 5.11 Å². The zero-order valence-electron chi connectivity index (χ0n) is 10.9. The summed E-state index contributed by atoms with van der Waals surface area (Å²) in [5.74, 6) is -0.908. The molecule has 0 aliphatic carbocycles. The first-order valence-electron chi connectivity index (χ1n) is 6.23. The molecule has 0 saturated carbocycles. The Balaban J connectivity index is 2.17. The second-order valence-electron chi connectivity index (χ2n) is 4.38. The van der Waals surface area contributed by atoms with E-state index < -0.39 is 5.97 Å². The van der Waals surface area contributed by atoms with Gasteiger partial charge in [-0.2, -0.15) is 0 Å². The normalized spacial score (nSPS) is 10.9. The third-order valence-electron chi connectivity index (χ3n) is 2.92. The van der Waals surface area contributed by atoms with Crippen LogP contribution in [-0.2, 0) is 4.79 Å². The van der Waals surface area contributed by atoms with Crippen LogP contribution in [0.4, 0.5) is 0 Å². The Morgan fingerprint density at radius 1 is 1.24 bits per heavy atom. The molecule has 0 radical (unpaired) electrons. The quantitative estimate of drug-likeness (QED) is 0.742. The van der Waals surface area contributed by atoms with Crippen LogP contribution in [0.25, 0.3) is 16.7 Å². The largest absolute Gasteiger partial charge is 0.481 e. The molecule has 1 heterocycles. The molecule has 0 amide bonds. The molecule has 106 valence electrons. The van der Waals surface area contributed by atoms with E-state index in [1.54, 1.807) is 6.07 Å². The van der Waals surface area contributed by atoms with Gasteiger partial charge in [-0.3, -0.25) is 9.36 Å². The van der Waals surface area contributed by atoms with E-state index in [0.717, 1.165) is 16.7 Å². The third-order valence-corrected chi connectivity index (χ3v) is 4.08. The monoisotopic (exact) mass is 318 g/mol. The molecule has 0 atom stereocenters. The first-order valence-corrected chi connectivity index (χ1v) is 7.59. The zero-order valence-corrected chi connectivity index (χ0v) is 12.4. The molecule has 0 saturated heterocycles. The number of thioether (sulfide) groups is 1. The summed E-state index contributed by atoms with van der Waals surface area (Å²) in [6, 6.07) is 15.1. The lowest BCUT2D eigenvalue weighted by atomic mass is 10.3. The van der Waals surface area contributed by atoms with Crippen molar-refractivity contribution < 1.29 is 9.90 Å². The van der Waals surface area contributed by atoms with Crippen molar-refractivity contribution in [3.8, 4) is 5.69 Å². The maximum absolute atomic E-state index is 10.8. The average Bonchev–Trinajstić information content (AvgIpc) is 2.83. The molecule has 1 N–H and O–H groups in total. The highest BCUT2D eigenvalue weighted by atomic mass is 35.5. The minimum Gasteiger partial charge on any atom is -0.481 e. The number of nitrogens with zero attached hydrogens (tertiary/aromatic N) is 2. The Labute approximate surface area is 130 Å². The fraction of sp³-hybridized carbons (Fsp3) is 0.0667. The molecule has 6 heteroatoms. The van der Waals surface area contributed by atoms with E-state index >= 15 is 0 Å². The molecule has 4 nitrogen and oxygen atoms in total. The summed E-state index contributed by atoms with van der Waals surface area (Å²) >= 11 is 7.25. The van der Waals surface area contributed by atoms with Gasteiger partial charge in [0.15, 0.2) is 5.16 Å². The number of para-hydroxylation sites is 2. The van der Waals surface area contributed by atoms with Gasteiger partial charge in [0.1, 0.15) is 0 Å². The molecular formula is C15H11ClN2O2S. The van der Waals surface area contributed by atoms with Crippen LogP contribution in [-0.4, -0.2) is 26.4 Å². The average molecular weight is 319 g/mol. The second kappa shape index (κ2) is 5.79. The lowest BCUT2D eigenvalue weighted by molar-refractivity contribution is -0.133. The van der Waals surface area contributed by atoms with Crippen LogP contribution >= 0.6 is 23.4 Å². The number of hydrogen-bond acceptors (Lipinski definition) is 3. The topological polar surface area (TPSA) is 55.1 Å². The molecule has 1 aromatic heterocycles. The molecule has 3 aromatic rings. The number of fused-ring (bicyclic) bond motifs is 1. The van der Waals surface area contributed by atoms with Crippen LogP contribution in [0.5, 0.6) is 0 Å². The SMILES string of the molecule is O=C(O)CSc1nc2ccccc2n1-c1cccc(Cl)c1. The summed E-state index contributed by atoms with van der Waals surface area (Å²) in [6.07, 6.45) is 0. The number of aromatic nitrogens is 2. The highest BCUT2D eigenvalue weighted by Crippen LogP contribution is 2.28. The lowest BCUT2D eigenvalue weighted by Crippen LogP contribution is -2.01. The van der Waals surface area contributed by atoms with Gasteiger partial charge in [0.2, 0.25) is 0 Å². The Morgan fingerprint density at radius 2 is 2.05 bits per heavy atom. The van der Waals surface area contributed by atoms with Crippen molar-refractivity contribution in [2.45, 2.75) is 5.16 Å². The smallest absolute Gasteiger partial charge is 0.313 e. The number of benzene rings is 2. The number of rotatable bonds is 4. The summed E-state index contributed by atoms with van der Waals surface area (Å²) in [5.41, 5.74) is 2.61. The van der Waals surface area contributed by atoms with Crippen molar-refractivity contribution in [1.82, 2.24) is 9.55 Å². The van der Waals surface area contributed by atoms with Gasteiger partial charge >= 0.3 is 5.97 Å². The van der Waals surface area contributed by atoms with Crippen molar-refractivity contribution in [3.63, 3.8) is 0 Å². The van der Waals surface area contributed by atoms with Crippen molar-refractivity contribution in [2.24, 2.45) is 0 Å². The number of carboxylic acid groups (broad SMARTS) is 1. The molecule has 0 unspecified atom stereocenters. The zero-order chi connectivity index (χ0) is 14.8. The number of aliphatic carboxylic acids is 1. The highest BCUT2D eigenvalue weighted by molar-refractivity contribution is 7.99.